The summed E-state index contributed by atoms with van der Waals surface area (Å²) in [6, 6.07) is 12.8. The highest BCUT2D eigenvalue weighted by Crippen LogP contribution is 2.32. The molecule has 2 aromatic rings. The van der Waals surface area contributed by atoms with Gasteiger partial charge in [-0.15, -0.1) is 0 Å². The van der Waals surface area contributed by atoms with Crippen molar-refractivity contribution in [2.45, 2.75) is 18.6 Å². The van der Waals surface area contributed by atoms with Crippen LogP contribution in [0, 0.1) is 10.1 Å². The summed E-state index contributed by atoms with van der Waals surface area (Å²) >= 11 is 1.20. The van der Waals surface area contributed by atoms with Gasteiger partial charge in [0, 0.05) is 31.4 Å². The molecule has 0 spiro atoms. The van der Waals surface area contributed by atoms with E-state index in [0.29, 0.717) is 36.3 Å². The zero-order valence-corrected chi connectivity index (χ0v) is 19.0. The molecule has 1 aliphatic heterocycles. The smallest absolute Gasteiger partial charge is 0.271 e. The zero-order valence-electron chi connectivity index (χ0n) is 18.2. The molecule has 0 radical (unpaired) electrons. The molecule has 0 aromatic heterocycles. The van der Waals surface area contributed by atoms with Gasteiger partial charge in [0.15, 0.2) is 5.17 Å². The van der Waals surface area contributed by atoms with Gasteiger partial charge in [0.2, 0.25) is 11.8 Å². The molecular weight excluding hydrogens is 448 g/mol. The Balaban J connectivity index is 1.72. The summed E-state index contributed by atoms with van der Waals surface area (Å²) in [6.45, 7) is 3.09. The van der Waals surface area contributed by atoms with Gasteiger partial charge in [-0.3, -0.25) is 24.6 Å². The highest BCUT2D eigenvalue weighted by Gasteiger charge is 2.39. The van der Waals surface area contributed by atoms with Gasteiger partial charge in [-0.1, -0.05) is 17.8 Å². The second kappa shape index (κ2) is 11.4. The Morgan fingerprint density at radius 2 is 2.03 bits per heavy atom. The fourth-order valence-electron chi connectivity index (χ4n) is 3.09. The van der Waals surface area contributed by atoms with Gasteiger partial charge in [-0.05, 0) is 37.3 Å². The standard InChI is InChI=1S/C22H24N4O6S/c1-3-32-18-9-7-15(8-10-18)24-22-25(11-12-31-2)21(28)19(33-22)14-20(27)23-16-5-4-6-17(13-16)26(29)30/h4-10,13,19H,3,11-12,14H2,1-2H3,(H,23,27). The first-order valence-corrected chi connectivity index (χ1v) is 11.1. The molecular formula is C22H24N4O6S. The van der Waals surface area contributed by atoms with E-state index in [1.54, 1.807) is 37.4 Å². The van der Waals surface area contributed by atoms with E-state index < -0.39 is 16.1 Å². The molecule has 10 nitrogen and oxygen atoms in total. The Kier molecular flexibility index (Phi) is 8.39. The molecule has 1 aliphatic rings. The van der Waals surface area contributed by atoms with E-state index >= 15 is 0 Å². The van der Waals surface area contributed by atoms with Gasteiger partial charge >= 0.3 is 0 Å². The van der Waals surface area contributed by atoms with E-state index in [0.717, 1.165) is 5.75 Å². The summed E-state index contributed by atoms with van der Waals surface area (Å²) in [5, 5.41) is 13.4. The average Bonchev–Trinajstić information content (AvgIpc) is 3.07. The second-order valence-electron chi connectivity index (χ2n) is 6.97. The third-order valence-electron chi connectivity index (χ3n) is 4.62. The number of benzene rings is 2. The van der Waals surface area contributed by atoms with Gasteiger partial charge in [0.25, 0.3) is 5.69 Å². The fraction of sp³-hybridized carbons (Fsp3) is 0.318. The molecule has 1 atom stereocenters. The van der Waals surface area contributed by atoms with Crippen LogP contribution in [-0.2, 0) is 14.3 Å². The number of ether oxygens (including phenoxy) is 2. The van der Waals surface area contributed by atoms with Crippen LogP contribution in [0.15, 0.2) is 53.5 Å². The van der Waals surface area contributed by atoms with Gasteiger partial charge in [-0.2, -0.15) is 0 Å². The normalized spacial score (nSPS) is 16.8. The van der Waals surface area contributed by atoms with Crippen LogP contribution in [-0.4, -0.2) is 58.9 Å². The second-order valence-corrected chi connectivity index (χ2v) is 8.14. The number of anilines is 1. The molecule has 1 fully saturated rings. The molecule has 1 N–H and O–H groups in total. The molecule has 0 aliphatic carbocycles. The molecule has 0 saturated carbocycles. The van der Waals surface area contributed by atoms with Crippen LogP contribution in [0.4, 0.5) is 17.1 Å². The van der Waals surface area contributed by atoms with Gasteiger partial charge in [0.05, 0.1) is 30.4 Å². The van der Waals surface area contributed by atoms with E-state index in [1.807, 2.05) is 6.92 Å². The maximum absolute atomic E-state index is 13.0. The lowest BCUT2D eigenvalue weighted by Gasteiger charge is -2.15. The Morgan fingerprint density at radius 3 is 2.70 bits per heavy atom. The number of methoxy groups -OCH3 is 1. The Labute approximate surface area is 195 Å². The minimum Gasteiger partial charge on any atom is -0.494 e. The highest BCUT2D eigenvalue weighted by atomic mass is 32.2. The third-order valence-corrected chi connectivity index (χ3v) is 5.80. The Bertz CT molecular complexity index is 1040. The number of nitrogens with zero attached hydrogens (tertiary/aromatic N) is 3. The van der Waals surface area contributed by atoms with Crippen LogP contribution in [0.1, 0.15) is 13.3 Å². The number of non-ortho nitro benzene ring substituents is 1. The predicted molar refractivity (Wildman–Crippen MR) is 126 cm³/mol. The van der Waals surface area contributed by atoms with Crippen molar-refractivity contribution in [1.29, 1.82) is 0 Å². The summed E-state index contributed by atoms with van der Waals surface area (Å²) in [7, 11) is 1.54. The van der Waals surface area contributed by atoms with Crippen molar-refractivity contribution < 1.29 is 24.0 Å². The topological polar surface area (TPSA) is 123 Å². The number of thioether (sulfide) groups is 1. The van der Waals surface area contributed by atoms with Crippen LogP contribution < -0.4 is 10.1 Å². The predicted octanol–water partition coefficient (Wildman–Crippen LogP) is 3.60. The van der Waals surface area contributed by atoms with E-state index in [1.165, 1.54) is 34.9 Å². The summed E-state index contributed by atoms with van der Waals surface area (Å²) < 4.78 is 10.5. The van der Waals surface area contributed by atoms with E-state index in [-0.39, 0.29) is 18.0 Å². The van der Waals surface area contributed by atoms with Crippen molar-refractivity contribution in [3.8, 4) is 5.75 Å². The molecule has 1 saturated heterocycles. The van der Waals surface area contributed by atoms with Crippen molar-refractivity contribution in [2.24, 2.45) is 4.99 Å². The van der Waals surface area contributed by atoms with Crippen LogP contribution in [0.5, 0.6) is 5.75 Å². The number of hydrogen-bond donors (Lipinski definition) is 1. The number of nitro benzene ring substituents is 1. The van der Waals surface area contributed by atoms with Gasteiger partial charge in [0.1, 0.15) is 11.0 Å². The van der Waals surface area contributed by atoms with Crippen molar-refractivity contribution in [3.05, 3.63) is 58.6 Å². The van der Waals surface area contributed by atoms with Crippen molar-refractivity contribution in [1.82, 2.24) is 4.90 Å². The minimum atomic E-state index is -0.665. The number of nitro groups is 1. The zero-order chi connectivity index (χ0) is 23.8. The Hall–Kier alpha value is -3.44. The van der Waals surface area contributed by atoms with Crippen LogP contribution >= 0.6 is 11.8 Å². The van der Waals surface area contributed by atoms with Crippen LogP contribution in [0.3, 0.4) is 0 Å². The maximum Gasteiger partial charge on any atom is 0.271 e. The number of rotatable bonds is 10. The molecule has 174 valence electrons. The number of aliphatic imine (C=N–C) groups is 1. The molecule has 1 heterocycles. The first-order chi connectivity index (χ1) is 15.9. The number of carbonyl (C=O) groups is 2. The van der Waals surface area contributed by atoms with Gasteiger partial charge in [-0.25, -0.2) is 4.99 Å². The lowest BCUT2D eigenvalue weighted by molar-refractivity contribution is -0.384. The fourth-order valence-corrected chi connectivity index (χ4v) is 4.27. The summed E-state index contributed by atoms with van der Waals surface area (Å²) in [6.07, 6.45) is -0.0992. The van der Waals surface area contributed by atoms with E-state index in [2.05, 4.69) is 10.3 Å². The molecule has 2 aromatic carbocycles. The van der Waals surface area contributed by atoms with E-state index in [9.17, 15) is 19.7 Å². The van der Waals surface area contributed by atoms with E-state index in [4.69, 9.17) is 9.47 Å². The van der Waals surface area contributed by atoms with Crippen LogP contribution in [0.25, 0.3) is 0 Å². The summed E-state index contributed by atoms with van der Waals surface area (Å²) in [5.41, 5.74) is 0.816. The number of amides is 2. The molecule has 11 heteroatoms. The number of hydrogen-bond acceptors (Lipinski definition) is 8. The van der Waals surface area contributed by atoms with Crippen LogP contribution in [0.2, 0.25) is 0 Å². The average molecular weight is 473 g/mol. The van der Waals surface area contributed by atoms with Crippen molar-refractivity contribution in [3.63, 3.8) is 0 Å². The lowest BCUT2D eigenvalue weighted by atomic mass is 10.2. The monoisotopic (exact) mass is 472 g/mol. The molecule has 2 amide bonds. The quantitative estimate of drug-likeness (QED) is 0.414. The molecule has 1 unspecified atom stereocenters. The number of amidine groups is 1. The molecule has 3 rings (SSSR count). The lowest BCUT2D eigenvalue weighted by Crippen LogP contribution is -2.35. The Morgan fingerprint density at radius 1 is 1.27 bits per heavy atom. The SMILES string of the molecule is CCOc1ccc(N=C2SC(CC(=O)Nc3cccc([N+](=O)[O-])c3)C(=O)N2CCOC)cc1. The van der Waals surface area contributed by atoms with Crippen molar-refractivity contribution in [2.75, 3.05) is 32.2 Å². The maximum atomic E-state index is 13.0. The number of carbonyl (C=O) groups excluding carboxylic acids is 2. The van der Waals surface area contributed by atoms with Gasteiger partial charge < -0.3 is 14.8 Å². The highest BCUT2D eigenvalue weighted by molar-refractivity contribution is 8.15. The molecule has 33 heavy (non-hydrogen) atoms. The summed E-state index contributed by atoms with van der Waals surface area (Å²) in [5.74, 6) is 0.0647. The minimum absolute atomic E-state index is 0.0992. The molecule has 0 bridgehead atoms. The first-order valence-electron chi connectivity index (χ1n) is 10.2. The number of nitrogens with one attached hydrogen (secondary N) is 1. The summed E-state index contributed by atoms with van der Waals surface area (Å²) in [4.78, 5) is 42.0. The largest absolute Gasteiger partial charge is 0.494 e. The van der Waals surface area contributed by atoms with Crippen molar-refractivity contribution >= 4 is 45.8 Å². The third kappa shape index (κ3) is 6.53. The first kappa shape index (κ1) is 24.2.